The van der Waals surface area contributed by atoms with E-state index in [1.165, 1.54) is 7.11 Å². The highest BCUT2D eigenvalue weighted by Gasteiger charge is 2.14. The first kappa shape index (κ1) is 18.7. The second-order valence-electron chi connectivity index (χ2n) is 5.93. The van der Waals surface area contributed by atoms with E-state index in [-0.39, 0.29) is 0 Å². The van der Waals surface area contributed by atoms with Crippen LogP contribution in [0.3, 0.4) is 0 Å². The van der Waals surface area contributed by atoms with Gasteiger partial charge in [-0.25, -0.2) is 4.79 Å². The van der Waals surface area contributed by atoms with Crippen molar-refractivity contribution in [3.05, 3.63) is 113 Å². The molecule has 0 heterocycles. The molecule has 3 rings (SSSR count). The standard InChI is InChI=1S/C24H19ClO2/c1-27-24(26)23(20-12-14-22(25)15-13-20)17-21(19-10-6-3-7-11-19)16-18-8-4-2-5-9-18/h2-17H,1H3/b21-16+,23-17+. The summed E-state index contributed by atoms with van der Waals surface area (Å²) in [5, 5.41) is 0.617. The molecule has 0 amide bonds. The van der Waals surface area contributed by atoms with E-state index in [1.807, 2.05) is 84.9 Å². The molecule has 0 atom stereocenters. The number of hydrogen-bond acceptors (Lipinski definition) is 2. The Morgan fingerprint density at radius 1 is 0.815 bits per heavy atom. The summed E-state index contributed by atoms with van der Waals surface area (Å²) in [6.45, 7) is 0. The van der Waals surface area contributed by atoms with Gasteiger partial charge in [0.1, 0.15) is 0 Å². The Bertz CT molecular complexity index is 956. The second kappa shape index (κ2) is 9.02. The zero-order chi connectivity index (χ0) is 19.1. The maximum atomic E-state index is 12.5. The van der Waals surface area contributed by atoms with Gasteiger partial charge in [-0.05, 0) is 46.5 Å². The van der Waals surface area contributed by atoms with Crippen molar-refractivity contribution >= 4 is 34.8 Å². The third-order valence-electron chi connectivity index (χ3n) is 4.09. The molecule has 0 spiro atoms. The van der Waals surface area contributed by atoms with E-state index in [1.54, 1.807) is 12.1 Å². The number of benzene rings is 3. The van der Waals surface area contributed by atoms with Gasteiger partial charge in [0.25, 0.3) is 0 Å². The van der Waals surface area contributed by atoms with Crippen LogP contribution in [0.2, 0.25) is 5.02 Å². The zero-order valence-electron chi connectivity index (χ0n) is 14.9. The van der Waals surface area contributed by atoms with Crippen molar-refractivity contribution in [3.63, 3.8) is 0 Å². The van der Waals surface area contributed by atoms with Gasteiger partial charge >= 0.3 is 5.97 Å². The van der Waals surface area contributed by atoms with Gasteiger partial charge in [-0.1, -0.05) is 84.4 Å². The fourth-order valence-electron chi connectivity index (χ4n) is 2.72. The lowest BCUT2D eigenvalue weighted by molar-refractivity contribution is -0.133. The molecule has 0 N–H and O–H groups in total. The molecule has 0 saturated heterocycles. The summed E-state index contributed by atoms with van der Waals surface area (Å²) in [6.07, 6.45) is 3.91. The van der Waals surface area contributed by atoms with Crippen molar-refractivity contribution in [1.82, 2.24) is 0 Å². The van der Waals surface area contributed by atoms with Crippen LogP contribution in [0.15, 0.2) is 91.0 Å². The minimum Gasteiger partial charge on any atom is -0.465 e. The van der Waals surface area contributed by atoms with E-state index in [4.69, 9.17) is 16.3 Å². The first-order valence-corrected chi connectivity index (χ1v) is 8.93. The van der Waals surface area contributed by atoms with Crippen LogP contribution in [-0.4, -0.2) is 13.1 Å². The Morgan fingerprint density at radius 2 is 1.41 bits per heavy atom. The number of carbonyl (C=O) groups excluding carboxylic acids is 1. The van der Waals surface area contributed by atoms with Crippen molar-refractivity contribution in [2.75, 3.05) is 7.11 Å². The van der Waals surface area contributed by atoms with E-state index >= 15 is 0 Å². The van der Waals surface area contributed by atoms with Gasteiger partial charge in [0.15, 0.2) is 0 Å². The van der Waals surface area contributed by atoms with Gasteiger partial charge in [-0.2, -0.15) is 0 Å². The van der Waals surface area contributed by atoms with Crippen molar-refractivity contribution < 1.29 is 9.53 Å². The van der Waals surface area contributed by atoms with Crippen molar-refractivity contribution in [1.29, 1.82) is 0 Å². The van der Waals surface area contributed by atoms with Crippen LogP contribution in [0.4, 0.5) is 0 Å². The normalized spacial score (nSPS) is 11.9. The molecule has 0 aliphatic carbocycles. The third kappa shape index (κ3) is 4.96. The first-order valence-electron chi connectivity index (χ1n) is 8.55. The quantitative estimate of drug-likeness (QED) is 0.232. The van der Waals surface area contributed by atoms with Crippen LogP contribution in [0.5, 0.6) is 0 Å². The lowest BCUT2D eigenvalue weighted by Crippen LogP contribution is -2.04. The Morgan fingerprint density at radius 3 is 2.00 bits per heavy atom. The topological polar surface area (TPSA) is 26.3 Å². The number of rotatable bonds is 5. The molecule has 2 nitrogen and oxygen atoms in total. The van der Waals surface area contributed by atoms with Crippen LogP contribution < -0.4 is 0 Å². The van der Waals surface area contributed by atoms with E-state index in [0.717, 1.165) is 22.3 Å². The number of esters is 1. The largest absolute Gasteiger partial charge is 0.465 e. The highest BCUT2D eigenvalue weighted by Crippen LogP contribution is 2.26. The van der Waals surface area contributed by atoms with Gasteiger partial charge < -0.3 is 4.74 Å². The fourth-order valence-corrected chi connectivity index (χ4v) is 2.85. The van der Waals surface area contributed by atoms with Crippen LogP contribution in [0.25, 0.3) is 17.2 Å². The van der Waals surface area contributed by atoms with Gasteiger partial charge in [0.05, 0.1) is 12.7 Å². The molecule has 0 aliphatic heterocycles. The lowest BCUT2D eigenvalue weighted by atomic mass is 9.97. The number of ether oxygens (including phenoxy) is 1. The molecule has 0 saturated carbocycles. The Kier molecular flexibility index (Phi) is 6.24. The summed E-state index contributed by atoms with van der Waals surface area (Å²) in [5.41, 5.74) is 4.20. The molecule has 0 aromatic heterocycles. The number of halogens is 1. The molecule has 3 heteroatoms. The SMILES string of the molecule is COC(=O)/C(=C/C(=C\c1ccccc1)c1ccccc1)c1ccc(Cl)cc1. The number of allylic oxidation sites excluding steroid dienone is 2. The minimum atomic E-state index is -0.396. The van der Waals surface area contributed by atoms with Crippen LogP contribution in [0, 0.1) is 0 Å². The molecule has 0 fully saturated rings. The molecule has 27 heavy (non-hydrogen) atoms. The molecule has 0 radical (unpaired) electrons. The first-order chi connectivity index (χ1) is 13.2. The highest BCUT2D eigenvalue weighted by atomic mass is 35.5. The summed E-state index contributed by atoms with van der Waals surface area (Å²) < 4.78 is 5.02. The zero-order valence-corrected chi connectivity index (χ0v) is 15.7. The number of methoxy groups -OCH3 is 1. The molecule has 3 aromatic rings. The smallest absolute Gasteiger partial charge is 0.338 e. The van der Waals surface area contributed by atoms with E-state index < -0.39 is 5.97 Å². The van der Waals surface area contributed by atoms with Crippen molar-refractivity contribution in [2.45, 2.75) is 0 Å². The van der Waals surface area contributed by atoms with Gasteiger partial charge in [-0.3, -0.25) is 0 Å². The van der Waals surface area contributed by atoms with Gasteiger partial charge in [-0.15, -0.1) is 0 Å². The van der Waals surface area contributed by atoms with E-state index in [2.05, 4.69) is 0 Å². The molecule has 3 aromatic carbocycles. The second-order valence-corrected chi connectivity index (χ2v) is 6.37. The predicted molar refractivity (Wildman–Crippen MR) is 112 cm³/mol. The van der Waals surface area contributed by atoms with Gasteiger partial charge in [0.2, 0.25) is 0 Å². The Hall–Kier alpha value is -3.10. The predicted octanol–water partition coefficient (Wildman–Crippen LogP) is 6.14. The number of carbonyl (C=O) groups is 1. The van der Waals surface area contributed by atoms with E-state index in [0.29, 0.717) is 10.6 Å². The Labute approximate surface area is 164 Å². The van der Waals surface area contributed by atoms with Crippen molar-refractivity contribution in [2.24, 2.45) is 0 Å². The maximum absolute atomic E-state index is 12.5. The molecular formula is C24H19ClO2. The lowest BCUT2D eigenvalue weighted by Gasteiger charge is -2.09. The summed E-state index contributed by atoms with van der Waals surface area (Å²) in [6, 6.07) is 27.1. The Balaban J connectivity index is 2.15. The van der Waals surface area contributed by atoms with E-state index in [9.17, 15) is 4.79 Å². The summed E-state index contributed by atoms with van der Waals surface area (Å²) >= 11 is 5.99. The van der Waals surface area contributed by atoms with Gasteiger partial charge in [0, 0.05) is 5.02 Å². The summed E-state index contributed by atoms with van der Waals surface area (Å²) in [5.74, 6) is -0.396. The van der Waals surface area contributed by atoms with Crippen LogP contribution in [0.1, 0.15) is 16.7 Å². The summed E-state index contributed by atoms with van der Waals surface area (Å²) in [4.78, 5) is 12.5. The molecule has 0 bridgehead atoms. The molecule has 134 valence electrons. The average Bonchev–Trinajstić information content (AvgIpc) is 2.73. The maximum Gasteiger partial charge on any atom is 0.338 e. The molecular weight excluding hydrogens is 356 g/mol. The van der Waals surface area contributed by atoms with Crippen LogP contribution in [-0.2, 0) is 9.53 Å². The number of hydrogen-bond donors (Lipinski definition) is 0. The van der Waals surface area contributed by atoms with Crippen LogP contribution >= 0.6 is 11.6 Å². The monoisotopic (exact) mass is 374 g/mol. The average molecular weight is 375 g/mol. The highest BCUT2D eigenvalue weighted by molar-refractivity contribution is 6.30. The minimum absolute atomic E-state index is 0.396. The fraction of sp³-hybridized carbons (Fsp3) is 0.0417. The third-order valence-corrected chi connectivity index (χ3v) is 4.34. The summed E-state index contributed by atoms with van der Waals surface area (Å²) in [7, 11) is 1.38. The van der Waals surface area contributed by atoms with Crippen molar-refractivity contribution in [3.8, 4) is 0 Å². The molecule has 0 aliphatic rings. The molecule has 0 unspecified atom stereocenters.